The summed E-state index contributed by atoms with van der Waals surface area (Å²) in [6.07, 6.45) is 5.21. The monoisotopic (exact) mass is 246 g/mol. The third kappa shape index (κ3) is 2.13. The van der Waals surface area contributed by atoms with Gasteiger partial charge in [0.05, 0.1) is 5.75 Å². The fourth-order valence-electron chi connectivity index (χ4n) is 3.18. The van der Waals surface area contributed by atoms with Gasteiger partial charge in [0.15, 0.2) is 0 Å². The van der Waals surface area contributed by atoms with Gasteiger partial charge in [0.25, 0.3) is 0 Å². The fraction of sp³-hybridized carbons (Fsp3) is 1.00. The number of piperidine rings is 2. The van der Waals surface area contributed by atoms with Crippen molar-refractivity contribution in [1.82, 2.24) is 9.62 Å². The van der Waals surface area contributed by atoms with Crippen molar-refractivity contribution in [3.63, 3.8) is 0 Å². The predicted octanol–water partition coefficient (Wildman–Crippen LogP) is 0.941. The molecular weight excluding hydrogens is 224 g/mol. The molecular formula is C11H22N2O2S. The molecule has 0 saturated carbocycles. The van der Waals surface area contributed by atoms with Gasteiger partial charge in [0, 0.05) is 18.1 Å². The molecule has 0 aromatic heterocycles. The van der Waals surface area contributed by atoms with E-state index < -0.39 is 10.0 Å². The van der Waals surface area contributed by atoms with Crippen molar-refractivity contribution in [3.05, 3.63) is 0 Å². The molecule has 1 N–H and O–H groups in total. The Hall–Kier alpha value is -0.130. The number of nitrogens with one attached hydrogen (secondary N) is 1. The van der Waals surface area contributed by atoms with Crippen LogP contribution < -0.4 is 5.32 Å². The van der Waals surface area contributed by atoms with E-state index >= 15 is 0 Å². The van der Waals surface area contributed by atoms with Gasteiger partial charge >= 0.3 is 0 Å². The lowest BCUT2D eigenvalue weighted by Gasteiger charge is -2.47. The summed E-state index contributed by atoms with van der Waals surface area (Å²) in [5.74, 6) is 0.240. The van der Waals surface area contributed by atoms with E-state index in [2.05, 4.69) is 5.32 Å². The van der Waals surface area contributed by atoms with Crippen LogP contribution in [-0.2, 0) is 10.0 Å². The largest absolute Gasteiger partial charge is 0.317 e. The summed E-state index contributed by atoms with van der Waals surface area (Å²) in [4.78, 5) is 0. The Morgan fingerprint density at radius 3 is 2.25 bits per heavy atom. The smallest absolute Gasteiger partial charge is 0.214 e. The van der Waals surface area contributed by atoms with Crippen molar-refractivity contribution in [2.24, 2.45) is 0 Å². The summed E-state index contributed by atoms with van der Waals surface area (Å²) < 4.78 is 26.0. The molecule has 2 aliphatic heterocycles. The Balaban J connectivity index is 2.21. The number of hydrogen-bond donors (Lipinski definition) is 1. The summed E-state index contributed by atoms with van der Waals surface area (Å²) in [6.45, 7) is 1.75. The maximum absolute atomic E-state index is 12.1. The highest BCUT2D eigenvalue weighted by Gasteiger charge is 2.43. The Morgan fingerprint density at radius 1 is 1.25 bits per heavy atom. The minimum Gasteiger partial charge on any atom is -0.317 e. The highest BCUT2D eigenvalue weighted by Crippen LogP contribution is 2.36. The first-order valence-electron chi connectivity index (χ1n) is 6.27. The third-order valence-electron chi connectivity index (χ3n) is 4.00. The number of nitrogens with zero attached hydrogens (tertiary/aromatic N) is 1. The number of rotatable bonds is 3. The van der Waals surface area contributed by atoms with Crippen molar-refractivity contribution in [2.75, 3.05) is 12.8 Å². The number of fused-ring (bicyclic) bond motifs is 2. The highest BCUT2D eigenvalue weighted by atomic mass is 32.2. The molecule has 16 heavy (non-hydrogen) atoms. The van der Waals surface area contributed by atoms with Crippen LogP contribution in [-0.4, -0.2) is 43.6 Å². The minimum absolute atomic E-state index is 0.240. The van der Waals surface area contributed by atoms with Gasteiger partial charge in [-0.15, -0.1) is 0 Å². The summed E-state index contributed by atoms with van der Waals surface area (Å²) in [7, 11) is -1.03. The first-order valence-corrected chi connectivity index (χ1v) is 7.88. The molecule has 5 heteroatoms. The minimum atomic E-state index is -3.01. The Bertz CT molecular complexity index is 328. The molecule has 0 aliphatic carbocycles. The Kier molecular flexibility index (Phi) is 3.56. The molecule has 2 aliphatic rings. The molecule has 2 fully saturated rings. The molecule has 0 aromatic rings. The average molecular weight is 246 g/mol. The van der Waals surface area contributed by atoms with Gasteiger partial charge in [-0.2, -0.15) is 4.31 Å². The summed E-state index contributed by atoms with van der Waals surface area (Å²) in [5, 5.41) is 3.30. The van der Waals surface area contributed by atoms with E-state index in [1.165, 1.54) is 6.42 Å². The highest BCUT2D eigenvalue weighted by molar-refractivity contribution is 7.89. The van der Waals surface area contributed by atoms with E-state index in [4.69, 9.17) is 0 Å². The SMILES string of the molecule is CCS(=O)(=O)N1[C@@H]2CCC[C@H]1C[C@@H](NC)C2. The van der Waals surface area contributed by atoms with Crippen molar-refractivity contribution in [2.45, 2.75) is 57.2 Å². The standard InChI is InChI=1S/C11H22N2O2S/c1-3-16(14,15)13-10-5-4-6-11(13)8-9(7-10)12-2/h9-12H,3-8H2,1-2H3/t9-,10+,11-. The third-order valence-corrected chi connectivity index (χ3v) is 5.97. The van der Waals surface area contributed by atoms with Crippen LogP contribution in [0.5, 0.6) is 0 Å². The summed E-state index contributed by atoms with van der Waals surface area (Å²) in [5.41, 5.74) is 0. The maximum Gasteiger partial charge on any atom is 0.214 e. The van der Waals surface area contributed by atoms with Crippen molar-refractivity contribution in [3.8, 4) is 0 Å². The van der Waals surface area contributed by atoms with E-state index in [-0.39, 0.29) is 17.8 Å². The molecule has 2 saturated heterocycles. The lowest BCUT2D eigenvalue weighted by atomic mass is 9.84. The normalized spacial score (nSPS) is 36.2. The van der Waals surface area contributed by atoms with Crippen LogP contribution >= 0.6 is 0 Å². The van der Waals surface area contributed by atoms with Crippen LogP contribution in [0, 0.1) is 0 Å². The van der Waals surface area contributed by atoms with E-state index in [9.17, 15) is 8.42 Å². The molecule has 94 valence electrons. The Morgan fingerprint density at radius 2 is 1.81 bits per heavy atom. The molecule has 4 nitrogen and oxygen atoms in total. The second-order valence-electron chi connectivity index (χ2n) is 4.93. The van der Waals surface area contributed by atoms with Gasteiger partial charge in [-0.1, -0.05) is 6.42 Å². The van der Waals surface area contributed by atoms with Crippen LogP contribution in [0.4, 0.5) is 0 Å². The molecule has 0 unspecified atom stereocenters. The van der Waals surface area contributed by atoms with Gasteiger partial charge in [-0.3, -0.25) is 0 Å². The number of hydrogen-bond acceptors (Lipinski definition) is 3. The summed E-state index contributed by atoms with van der Waals surface area (Å²) >= 11 is 0. The van der Waals surface area contributed by atoms with Gasteiger partial charge in [0.2, 0.25) is 10.0 Å². The van der Waals surface area contributed by atoms with Gasteiger partial charge < -0.3 is 5.32 Å². The lowest BCUT2D eigenvalue weighted by Crippen LogP contribution is -2.58. The van der Waals surface area contributed by atoms with Crippen molar-refractivity contribution < 1.29 is 8.42 Å². The lowest BCUT2D eigenvalue weighted by molar-refractivity contribution is 0.102. The molecule has 2 rings (SSSR count). The van der Waals surface area contributed by atoms with Crippen LogP contribution in [0.15, 0.2) is 0 Å². The second kappa shape index (κ2) is 4.63. The first-order chi connectivity index (χ1) is 7.58. The van der Waals surface area contributed by atoms with Crippen molar-refractivity contribution >= 4 is 10.0 Å². The van der Waals surface area contributed by atoms with Gasteiger partial charge in [-0.25, -0.2) is 8.42 Å². The van der Waals surface area contributed by atoms with Crippen LogP contribution in [0.2, 0.25) is 0 Å². The fourth-order valence-corrected chi connectivity index (χ4v) is 4.77. The zero-order valence-electron chi connectivity index (χ0n) is 10.1. The van der Waals surface area contributed by atoms with Crippen LogP contribution in [0.1, 0.15) is 39.0 Å². The molecule has 3 atom stereocenters. The van der Waals surface area contributed by atoms with E-state index in [0.29, 0.717) is 6.04 Å². The van der Waals surface area contributed by atoms with Gasteiger partial charge in [0.1, 0.15) is 0 Å². The average Bonchev–Trinajstić information content (AvgIpc) is 2.27. The van der Waals surface area contributed by atoms with Crippen LogP contribution in [0.25, 0.3) is 0 Å². The zero-order valence-corrected chi connectivity index (χ0v) is 11.0. The molecule has 0 radical (unpaired) electrons. The quantitative estimate of drug-likeness (QED) is 0.806. The first kappa shape index (κ1) is 12.3. The number of sulfonamides is 1. The molecule has 0 aromatic carbocycles. The molecule has 2 heterocycles. The van der Waals surface area contributed by atoms with E-state index in [0.717, 1.165) is 25.7 Å². The zero-order chi connectivity index (χ0) is 11.8. The van der Waals surface area contributed by atoms with Crippen molar-refractivity contribution in [1.29, 1.82) is 0 Å². The molecule has 2 bridgehead atoms. The predicted molar refractivity (Wildman–Crippen MR) is 64.8 cm³/mol. The topological polar surface area (TPSA) is 49.4 Å². The van der Waals surface area contributed by atoms with E-state index in [1.54, 1.807) is 6.92 Å². The second-order valence-corrected chi connectivity index (χ2v) is 7.09. The molecule has 0 amide bonds. The molecule has 0 spiro atoms. The maximum atomic E-state index is 12.1. The van der Waals surface area contributed by atoms with E-state index in [1.807, 2.05) is 11.4 Å². The van der Waals surface area contributed by atoms with Crippen LogP contribution in [0.3, 0.4) is 0 Å². The summed E-state index contributed by atoms with van der Waals surface area (Å²) in [6, 6.07) is 0.989. The Labute approximate surface area is 98.4 Å². The van der Waals surface area contributed by atoms with Gasteiger partial charge in [-0.05, 0) is 39.7 Å².